The number of halogens is 2. The number of Topliss-reactive ketones (excluding diaryl/α,β-unsaturated/α-hetero) is 1. The number of aromatic nitrogens is 2. The molecule has 0 N–H and O–H groups in total. The summed E-state index contributed by atoms with van der Waals surface area (Å²) in [6.07, 6.45) is 0. The van der Waals surface area contributed by atoms with Gasteiger partial charge in [-0.15, -0.1) is 0 Å². The number of hydrogen-bond donors (Lipinski definition) is 0. The van der Waals surface area contributed by atoms with E-state index in [1.807, 2.05) is 0 Å². The van der Waals surface area contributed by atoms with Gasteiger partial charge in [0.2, 0.25) is 0 Å². The van der Waals surface area contributed by atoms with E-state index in [0.717, 1.165) is 5.52 Å². The first-order chi connectivity index (χ1) is 7.00. The second-order valence-electron chi connectivity index (χ2n) is 3.31. The maximum absolute atomic E-state index is 11.3. The van der Waals surface area contributed by atoms with Crippen LogP contribution < -0.4 is 0 Å². The number of benzene rings is 1. The summed E-state index contributed by atoms with van der Waals surface area (Å²) in [5.74, 6) is 0.287. The summed E-state index contributed by atoms with van der Waals surface area (Å²) in [4.78, 5) is 15.4. The Morgan fingerprint density at radius 3 is 2.67 bits per heavy atom. The minimum atomic E-state index is -0.0964. The van der Waals surface area contributed by atoms with E-state index in [9.17, 15) is 4.79 Å². The van der Waals surface area contributed by atoms with Crippen molar-refractivity contribution in [3.8, 4) is 0 Å². The summed E-state index contributed by atoms with van der Waals surface area (Å²) < 4.78 is 1.69. The van der Waals surface area contributed by atoms with Gasteiger partial charge in [0.05, 0.1) is 10.5 Å². The molecule has 78 valence electrons. The Morgan fingerprint density at radius 1 is 1.40 bits per heavy atom. The minimum absolute atomic E-state index is 0.0964. The quantitative estimate of drug-likeness (QED) is 0.721. The molecule has 0 fully saturated rings. The molecule has 2 rings (SSSR count). The summed E-state index contributed by atoms with van der Waals surface area (Å²) in [5, 5.41) is 0.992. The molecule has 0 unspecified atom stereocenters. The van der Waals surface area contributed by atoms with Gasteiger partial charge in [-0.25, -0.2) is 4.98 Å². The molecule has 5 heteroatoms. The SMILES string of the molecule is CC(=O)c1nc2c(Cl)cc(Cl)cc2n1C. The molecular formula is C10H8Cl2N2O. The number of ketones is 1. The Kier molecular flexibility index (Phi) is 2.44. The maximum Gasteiger partial charge on any atom is 0.195 e. The van der Waals surface area contributed by atoms with Gasteiger partial charge >= 0.3 is 0 Å². The van der Waals surface area contributed by atoms with E-state index in [1.165, 1.54) is 6.92 Å². The lowest BCUT2D eigenvalue weighted by Crippen LogP contribution is -2.02. The first-order valence-electron chi connectivity index (χ1n) is 4.33. The number of fused-ring (bicyclic) bond motifs is 1. The Hall–Kier alpha value is -1.06. The average Bonchev–Trinajstić information content (AvgIpc) is 2.44. The van der Waals surface area contributed by atoms with E-state index in [2.05, 4.69) is 4.98 Å². The van der Waals surface area contributed by atoms with E-state index in [4.69, 9.17) is 23.2 Å². The molecule has 0 saturated carbocycles. The molecule has 1 aromatic carbocycles. The van der Waals surface area contributed by atoms with E-state index >= 15 is 0 Å². The number of hydrogen-bond acceptors (Lipinski definition) is 2. The largest absolute Gasteiger partial charge is 0.325 e. The van der Waals surface area contributed by atoms with Gasteiger partial charge < -0.3 is 4.57 Å². The third-order valence-corrected chi connectivity index (χ3v) is 2.73. The minimum Gasteiger partial charge on any atom is -0.325 e. The van der Waals surface area contributed by atoms with Gasteiger partial charge in [0.25, 0.3) is 0 Å². The van der Waals surface area contributed by atoms with Crippen molar-refractivity contribution in [3.63, 3.8) is 0 Å². The van der Waals surface area contributed by atoms with Crippen molar-refractivity contribution in [1.29, 1.82) is 0 Å². The number of rotatable bonds is 1. The molecule has 3 nitrogen and oxygen atoms in total. The Morgan fingerprint density at radius 2 is 2.07 bits per heavy atom. The first-order valence-corrected chi connectivity index (χ1v) is 5.08. The smallest absolute Gasteiger partial charge is 0.195 e. The van der Waals surface area contributed by atoms with E-state index in [0.29, 0.717) is 21.4 Å². The lowest BCUT2D eigenvalue weighted by Gasteiger charge is -1.98. The molecule has 0 aliphatic rings. The molecule has 0 aliphatic carbocycles. The van der Waals surface area contributed by atoms with Crippen molar-refractivity contribution in [2.24, 2.45) is 7.05 Å². The third kappa shape index (κ3) is 1.62. The fraction of sp³-hybridized carbons (Fsp3) is 0.200. The van der Waals surface area contributed by atoms with Gasteiger partial charge in [-0.1, -0.05) is 23.2 Å². The van der Waals surface area contributed by atoms with Crippen molar-refractivity contribution in [2.45, 2.75) is 6.92 Å². The van der Waals surface area contributed by atoms with Crippen LogP contribution in [0.25, 0.3) is 11.0 Å². The predicted molar refractivity (Wildman–Crippen MR) is 60.7 cm³/mol. The molecule has 0 bridgehead atoms. The Bertz CT molecular complexity index is 560. The zero-order chi connectivity index (χ0) is 11.2. The van der Waals surface area contributed by atoms with Crippen molar-refractivity contribution in [3.05, 3.63) is 28.0 Å². The second-order valence-corrected chi connectivity index (χ2v) is 4.15. The molecule has 1 aromatic heterocycles. The summed E-state index contributed by atoms with van der Waals surface area (Å²) in [7, 11) is 1.76. The van der Waals surface area contributed by atoms with Gasteiger partial charge in [0.15, 0.2) is 11.6 Å². The van der Waals surface area contributed by atoms with Crippen LogP contribution in [-0.4, -0.2) is 15.3 Å². The van der Waals surface area contributed by atoms with Crippen molar-refractivity contribution in [2.75, 3.05) is 0 Å². The molecular weight excluding hydrogens is 235 g/mol. The summed E-state index contributed by atoms with van der Waals surface area (Å²) >= 11 is 11.9. The van der Waals surface area contributed by atoms with E-state index < -0.39 is 0 Å². The lowest BCUT2D eigenvalue weighted by molar-refractivity contribution is 0.100. The fourth-order valence-electron chi connectivity index (χ4n) is 1.53. The maximum atomic E-state index is 11.3. The first kappa shape index (κ1) is 10.5. The molecule has 0 spiro atoms. The number of carbonyl (C=O) groups excluding carboxylic acids is 1. The van der Waals surface area contributed by atoms with Gasteiger partial charge in [-0.2, -0.15) is 0 Å². The van der Waals surface area contributed by atoms with Crippen molar-refractivity contribution in [1.82, 2.24) is 9.55 Å². The monoisotopic (exact) mass is 242 g/mol. The van der Waals surface area contributed by atoms with Gasteiger partial charge in [0, 0.05) is 19.0 Å². The molecule has 0 amide bonds. The molecule has 0 saturated heterocycles. The summed E-state index contributed by atoms with van der Waals surface area (Å²) in [6.45, 7) is 1.47. The highest BCUT2D eigenvalue weighted by Gasteiger charge is 2.14. The highest BCUT2D eigenvalue weighted by atomic mass is 35.5. The van der Waals surface area contributed by atoms with Crippen LogP contribution in [0.2, 0.25) is 10.0 Å². The second kappa shape index (κ2) is 3.51. The van der Waals surface area contributed by atoms with Crippen LogP contribution in [0, 0.1) is 0 Å². The number of imidazole rings is 1. The molecule has 1 heterocycles. The van der Waals surface area contributed by atoms with Crippen LogP contribution in [0.15, 0.2) is 12.1 Å². The molecule has 0 aliphatic heterocycles. The standard InChI is InChI=1S/C10H8Cl2N2O/c1-5(15)10-13-9-7(12)3-6(11)4-8(9)14(10)2/h3-4H,1-2H3. The third-order valence-electron chi connectivity index (χ3n) is 2.22. The highest BCUT2D eigenvalue weighted by Crippen LogP contribution is 2.27. The molecule has 0 radical (unpaired) electrons. The number of carbonyl (C=O) groups is 1. The Labute approximate surface area is 96.6 Å². The molecule has 0 atom stereocenters. The fourth-order valence-corrected chi connectivity index (χ4v) is 2.05. The van der Waals surface area contributed by atoms with E-state index in [-0.39, 0.29) is 5.78 Å². The van der Waals surface area contributed by atoms with Crippen LogP contribution in [0.5, 0.6) is 0 Å². The van der Waals surface area contributed by atoms with Crippen LogP contribution in [-0.2, 0) is 7.05 Å². The van der Waals surface area contributed by atoms with Crippen LogP contribution >= 0.6 is 23.2 Å². The Balaban J connectivity index is 2.88. The average molecular weight is 243 g/mol. The lowest BCUT2D eigenvalue weighted by atomic mass is 10.3. The van der Waals surface area contributed by atoms with Gasteiger partial charge in [0.1, 0.15) is 5.52 Å². The predicted octanol–water partition coefficient (Wildman–Crippen LogP) is 3.08. The van der Waals surface area contributed by atoms with E-state index in [1.54, 1.807) is 23.7 Å². The van der Waals surface area contributed by atoms with Crippen LogP contribution in [0.3, 0.4) is 0 Å². The normalized spacial score (nSPS) is 10.9. The van der Waals surface area contributed by atoms with Crippen molar-refractivity contribution < 1.29 is 4.79 Å². The number of nitrogens with zero attached hydrogens (tertiary/aromatic N) is 2. The molecule has 15 heavy (non-hydrogen) atoms. The highest BCUT2D eigenvalue weighted by molar-refractivity contribution is 6.38. The molecule has 2 aromatic rings. The van der Waals surface area contributed by atoms with Crippen molar-refractivity contribution >= 4 is 40.0 Å². The van der Waals surface area contributed by atoms with Crippen LogP contribution in [0.4, 0.5) is 0 Å². The van der Waals surface area contributed by atoms with Gasteiger partial charge in [-0.3, -0.25) is 4.79 Å². The number of aryl methyl sites for hydroxylation is 1. The van der Waals surface area contributed by atoms with Gasteiger partial charge in [-0.05, 0) is 12.1 Å². The summed E-state index contributed by atoms with van der Waals surface area (Å²) in [6, 6.07) is 3.35. The van der Waals surface area contributed by atoms with Crippen LogP contribution in [0.1, 0.15) is 17.5 Å². The zero-order valence-corrected chi connectivity index (χ0v) is 9.73. The zero-order valence-electron chi connectivity index (χ0n) is 8.21. The summed E-state index contributed by atoms with van der Waals surface area (Å²) in [5.41, 5.74) is 1.37. The topological polar surface area (TPSA) is 34.9 Å².